The zero-order valence-electron chi connectivity index (χ0n) is 26.1. The van der Waals surface area contributed by atoms with Crippen LogP contribution in [-0.4, -0.2) is 89.5 Å². The van der Waals surface area contributed by atoms with Crippen LogP contribution in [0.15, 0.2) is 46.0 Å². The first-order valence-electron chi connectivity index (χ1n) is 15.3. The molecule has 2 fully saturated rings. The van der Waals surface area contributed by atoms with E-state index < -0.39 is 0 Å². The summed E-state index contributed by atoms with van der Waals surface area (Å²) < 4.78 is 20.6. The molecule has 11 heteroatoms. The van der Waals surface area contributed by atoms with Crippen molar-refractivity contribution in [1.82, 2.24) is 23.8 Å². The summed E-state index contributed by atoms with van der Waals surface area (Å²) in [5.41, 5.74) is 3.44. The first-order valence-corrected chi connectivity index (χ1v) is 15.3. The van der Waals surface area contributed by atoms with E-state index in [-0.39, 0.29) is 16.7 Å². The van der Waals surface area contributed by atoms with Crippen LogP contribution in [0, 0.1) is 5.92 Å². The molecule has 2 bridgehead atoms. The number of piperazine rings is 1. The van der Waals surface area contributed by atoms with Gasteiger partial charge in [0, 0.05) is 107 Å². The highest BCUT2D eigenvalue weighted by atomic mass is 16.5. The number of aromatic nitrogens is 2. The van der Waals surface area contributed by atoms with E-state index >= 15 is 0 Å². The van der Waals surface area contributed by atoms with Crippen LogP contribution in [0.4, 0.5) is 0 Å². The molecule has 236 valence electrons. The van der Waals surface area contributed by atoms with Crippen molar-refractivity contribution in [3.8, 4) is 23.0 Å². The first kappa shape index (κ1) is 30.2. The second kappa shape index (κ2) is 12.7. The van der Waals surface area contributed by atoms with Crippen molar-refractivity contribution in [3.05, 3.63) is 79.6 Å². The highest BCUT2D eigenvalue weighted by Crippen LogP contribution is 2.40. The Kier molecular flexibility index (Phi) is 8.70. The lowest BCUT2D eigenvalue weighted by Gasteiger charge is -2.43. The largest absolute Gasteiger partial charge is 0.503 e. The van der Waals surface area contributed by atoms with Gasteiger partial charge in [0.1, 0.15) is 0 Å². The van der Waals surface area contributed by atoms with E-state index in [1.54, 1.807) is 33.5 Å². The summed E-state index contributed by atoms with van der Waals surface area (Å²) >= 11 is 0. The second-order valence-electron chi connectivity index (χ2n) is 12.3. The third-order valence-electron chi connectivity index (χ3n) is 9.60. The minimum absolute atomic E-state index is 0.0812. The summed E-state index contributed by atoms with van der Waals surface area (Å²) in [6, 6.07) is 11.1. The number of ether oxygens (including phenoxy) is 3. The van der Waals surface area contributed by atoms with Gasteiger partial charge in [-0.2, -0.15) is 0 Å². The molecule has 44 heavy (non-hydrogen) atoms. The van der Waals surface area contributed by atoms with Crippen LogP contribution >= 0.6 is 0 Å². The lowest BCUT2D eigenvalue weighted by molar-refractivity contribution is 0.110. The molecule has 1 N–H and O–H groups in total. The molecule has 2 aromatic heterocycles. The lowest BCUT2D eigenvalue weighted by Crippen LogP contribution is -2.47. The van der Waals surface area contributed by atoms with Crippen molar-refractivity contribution in [2.75, 3.05) is 60.6 Å². The molecule has 0 aliphatic carbocycles. The van der Waals surface area contributed by atoms with Gasteiger partial charge in [-0.1, -0.05) is 12.1 Å². The maximum absolute atomic E-state index is 12.9. The molecule has 0 saturated carbocycles. The highest BCUT2D eigenvalue weighted by molar-refractivity contribution is 5.55. The quantitative estimate of drug-likeness (QED) is 0.394. The zero-order valence-corrected chi connectivity index (χ0v) is 26.1. The Labute approximate surface area is 257 Å². The van der Waals surface area contributed by atoms with Crippen molar-refractivity contribution in [3.63, 3.8) is 0 Å². The summed E-state index contributed by atoms with van der Waals surface area (Å²) in [4.78, 5) is 32.4. The van der Waals surface area contributed by atoms with Gasteiger partial charge >= 0.3 is 0 Å². The summed E-state index contributed by atoms with van der Waals surface area (Å²) in [5.74, 6) is 2.45. The van der Waals surface area contributed by atoms with Gasteiger partial charge in [0.25, 0.3) is 5.56 Å². The average Bonchev–Trinajstić information content (AvgIpc) is 3.03. The molecular formula is C33H43N5O6. The molecule has 2 saturated heterocycles. The molecule has 0 spiro atoms. The first-order chi connectivity index (χ1) is 21.3. The SMILES string of the molecule is COc1ccc(CN2CCN(Cc3c(O)c(=O)cc(CN4CC5C[C@H](C4)Cn4c5cccc4=O)n3C)CC2)c(OC)c1OC. The topological polar surface area (TPSA) is 102 Å². The number of hydrogen-bond donors (Lipinski definition) is 1. The Morgan fingerprint density at radius 2 is 1.55 bits per heavy atom. The summed E-state index contributed by atoms with van der Waals surface area (Å²) in [7, 11) is 6.81. The van der Waals surface area contributed by atoms with Crippen LogP contribution in [0.2, 0.25) is 0 Å². The normalized spacial score (nSPS) is 20.7. The predicted octanol–water partition coefficient (Wildman–Crippen LogP) is 2.22. The van der Waals surface area contributed by atoms with Gasteiger partial charge in [-0.3, -0.25) is 24.3 Å². The number of benzene rings is 1. The fourth-order valence-electron chi connectivity index (χ4n) is 7.32. The monoisotopic (exact) mass is 605 g/mol. The van der Waals surface area contributed by atoms with E-state index in [0.29, 0.717) is 54.4 Å². The maximum Gasteiger partial charge on any atom is 0.250 e. The van der Waals surface area contributed by atoms with Gasteiger partial charge in [0.15, 0.2) is 17.2 Å². The van der Waals surface area contributed by atoms with Crippen molar-refractivity contribution < 1.29 is 19.3 Å². The fourth-order valence-corrected chi connectivity index (χ4v) is 7.32. The molecule has 2 atom stereocenters. The van der Waals surface area contributed by atoms with E-state index in [4.69, 9.17) is 14.2 Å². The Balaban J connectivity index is 1.11. The molecular weight excluding hydrogens is 562 g/mol. The Bertz CT molecular complexity index is 1630. The van der Waals surface area contributed by atoms with Gasteiger partial charge in [-0.25, -0.2) is 0 Å². The molecule has 1 unspecified atom stereocenters. The second-order valence-corrected chi connectivity index (χ2v) is 12.3. The van der Waals surface area contributed by atoms with E-state index in [2.05, 4.69) is 20.8 Å². The Hall–Kier alpha value is -3.80. The van der Waals surface area contributed by atoms with Crippen molar-refractivity contribution >= 4 is 0 Å². The third kappa shape index (κ3) is 5.83. The molecule has 3 aliphatic rings. The smallest absolute Gasteiger partial charge is 0.250 e. The number of fused-ring (bicyclic) bond motifs is 4. The van der Waals surface area contributed by atoms with Gasteiger partial charge < -0.3 is 28.5 Å². The Morgan fingerprint density at radius 3 is 2.25 bits per heavy atom. The summed E-state index contributed by atoms with van der Waals surface area (Å²) in [6.45, 7) is 7.61. The number of hydrogen-bond acceptors (Lipinski definition) is 9. The number of likely N-dealkylation sites (tertiary alicyclic amines) is 1. The van der Waals surface area contributed by atoms with Gasteiger partial charge in [0.05, 0.1) is 27.0 Å². The van der Waals surface area contributed by atoms with E-state index in [0.717, 1.165) is 69.2 Å². The Morgan fingerprint density at radius 1 is 0.818 bits per heavy atom. The standard InChI is InChI=1S/C33H43N5O6/c1-34-25(20-37-16-22-14-24(19-37)26-6-5-7-30(40)38(26)17-22)15-28(39)31(41)27(34)21-36-12-10-35(11-13-36)18-23-8-9-29(42-2)33(44-4)32(23)43-3/h5-9,15,22,24,41H,10-14,16-21H2,1-4H3/t22-,24?/m1/s1. The minimum Gasteiger partial charge on any atom is -0.503 e. The summed E-state index contributed by atoms with van der Waals surface area (Å²) in [6.07, 6.45) is 1.09. The van der Waals surface area contributed by atoms with Crippen LogP contribution in [0.25, 0.3) is 0 Å². The van der Waals surface area contributed by atoms with Crippen LogP contribution in [0.5, 0.6) is 23.0 Å². The van der Waals surface area contributed by atoms with E-state index in [1.165, 1.54) is 0 Å². The van der Waals surface area contributed by atoms with Crippen molar-refractivity contribution in [1.29, 1.82) is 0 Å². The summed E-state index contributed by atoms with van der Waals surface area (Å²) in [5, 5.41) is 10.9. The number of methoxy groups -OCH3 is 3. The molecule has 0 amide bonds. The maximum atomic E-state index is 12.9. The van der Waals surface area contributed by atoms with Crippen molar-refractivity contribution in [2.45, 2.75) is 38.5 Å². The van der Waals surface area contributed by atoms with Gasteiger partial charge in [0.2, 0.25) is 11.2 Å². The average molecular weight is 606 g/mol. The molecule has 3 aliphatic heterocycles. The molecule has 1 aromatic carbocycles. The number of aromatic hydroxyl groups is 1. The minimum atomic E-state index is -0.332. The molecule has 3 aromatic rings. The van der Waals surface area contributed by atoms with Gasteiger partial charge in [-0.15, -0.1) is 0 Å². The van der Waals surface area contributed by atoms with E-state index in [1.807, 2.05) is 34.4 Å². The number of pyridine rings is 2. The van der Waals surface area contributed by atoms with Crippen LogP contribution in [0.1, 0.15) is 35.0 Å². The number of nitrogens with zero attached hydrogens (tertiary/aromatic N) is 5. The molecule has 5 heterocycles. The number of rotatable bonds is 9. The molecule has 6 rings (SSSR count). The predicted molar refractivity (Wildman–Crippen MR) is 167 cm³/mol. The van der Waals surface area contributed by atoms with Gasteiger partial charge in [-0.05, 0) is 24.5 Å². The highest BCUT2D eigenvalue weighted by Gasteiger charge is 2.35. The lowest BCUT2D eigenvalue weighted by atomic mass is 9.83. The molecule has 0 radical (unpaired) electrons. The van der Waals surface area contributed by atoms with Crippen molar-refractivity contribution in [2.24, 2.45) is 13.0 Å². The van der Waals surface area contributed by atoms with E-state index in [9.17, 15) is 14.7 Å². The van der Waals surface area contributed by atoms with Crippen LogP contribution in [0.3, 0.4) is 0 Å². The van der Waals surface area contributed by atoms with Crippen LogP contribution in [-0.2, 0) is 33.2 Å². The zero-order chi connectivity index (χ0) is 31.0. The molecule has 11 nitrogen and oxygen atoms in total. The number of piperidine rings is 1. The third-order valence-corrected chi connectivity index (χ3v) is 9.60. The fraction of sp³-hybridized carbons (Fsp3) is 0.515. The van der Waals surface area contributed by atoms with Crippen LogP contribution < -0.4 is 25.2 Å².